The van der Waals surface area contributed by atoms with E-state index >= 15 is 0 Å². The third-order valence-electron chi connectivity index (χ3n) is 1.49. The molecule has 0 radical (unpaired) electrons. The van der Waals surface area contributed by atoms with E-state index in [-0.39, 0.29) is 0 Å². The van der Waals surface area contributed by atoms with Gasteiger partial charge in [0.2, 0.25) is 10.7 Å². The Balaban J connectivity index is 2.65. The lowest BCUT2D eigenvalue weighted by Crippen LogP contribution is -2.23. The number of anilines is 1. The zero-order valence-electron chi connectivity index (χ0n) is 7.59. The molecule has 68 valence electrons. The first-order valence-electron chi connectivity index (χ1n) is 3.95. The van der Waals surface area contributed by atoms with Crippen molar-refractivity contribution in [2.75, 3.05) is 18.5 Å². The molecule has 0 unspecified atom stereocenters. The third kappa shape index (κ3) is 2.34. The second kappa shape index (κ2) is 3.71. The summed E-state index contributed by atoms with van der Waals surface area (Å²) in [5.74, 6) is 1.42. The predicted molar refractivity (Wildman–Crippen MR) is 51.9 cm³/mol. The molecule has 0 bridgehead atoms. The number of aromatic nitrogens is 3. The average Bonchev–Trinajstić information content (AvgIpc) is 2.34. The highest BCUT2D eigenvalue weighted by atomic mass is 32.1. The van der Waals surface area contributed by atoms with Gasteiger partial charge in [-0.3, -0.25) is 10.2 Å². The summed E-state index contributed by atoms with van der Waals surface area (Å²) in [4.78, 5) is 6.13. The molecular weight excluding hydrogens is 172 g/mol. The molecule has 12 heavy (non-hydrogen) atoms. The van der Waals surface area contributed by atoms with Crippen LogP contribution in [-0.4, -0.2) is 28.8 Å². The molecule has 0 saturated carbocycles. The van der Waals surface area contributed by atoms with Crippen LogP contribution in [0.5, 0.6) is 0 Å². The SMILES string of the molecule is CC(C)CN(C)c1nc(=S)[nH][nH]1. The number of aromatic amines is 2. The lowest BCUT2D eigenvalue weighted by atomic mass is 10.2. The summed E-state index contributed by atoms with van der Waals surface area (Å²) in [6.45, 7) is 5.30. The quantitative estimate of drug-likeness (QED) is 0.704. The van der Waals surface area contributed by atoms with Gasteiger partial charge in [-0.1, -0.05) is 13.8 Å². The van der Waals surface area contributed by atoms with Crippen LogP contribution in [0.4, 0.5) is 5.95 Å². The zero-order valence-corrected chi connectivity index (χ0v) is 8.40. The van der Waals surface area contributed by atoms with E-state index in [2.05, 4.69) is 29.0 Å². The molecule has 0 fully saturated rings. The van der Waals surface area contributed by atoms with E-state index in [1.165, 1.54) is 0 Å². The first-order chi connectivity index (χ1) is 5.59. The Morgan fingerprint density at radius 3 is 2.58 bits per heavy atom. The molecule has 1 heterocycles. The van der Waals surface area contributed by atoms with Gasteiger partial charge in [-0.15, -0.1) is 0 Å². The summed E-state index contributed by atoms with van der Waals surface area (Å²) in [6, 6.07) is 0. The van der Waals surface area contributed by atoms with Crippen LogP contribution < -0.4 is 4.90 Å². The Morgan fingerprint density at radius 1 is 1.50 bits per heavy atom. The minimum Gasteiger partial charge on any atom is -0.344 e. The predicted octanol–water partition coefficient (Wildman–Crippen LogP) is 1.56. The van der Waals surface area contributed by atoms with Crippen LogP contribution in [0, 0.1) is 10.7 Å². The monoisotopic (exact) mass is 186 g/mol. The second-order valence-electron chi connectivity index (χ2n) is 3.26. The van der Waals surface area contributed by atoms with Gasteiger partial charge in [0.05, 0.1) is 0 Å². The van der Waals surface area contributed by atoms with Crippen molar-refractivity contribution in [1.82, 2.24) is 15.2 Å². The molecular formula is C7H14N4S. The van der Waals surface area contributed by atoms with Gasteiger partial charge in [0.25, 0.3) is 0 Å². The standard InChI is InChI=1S/C7H14N4S/c1-5(2)4-11(3)6-8-7(12)10-9-6/h5H,4H2,1-3H3,(H2,8,9,10,12). The topological polar surface area (TPSA) is 47.7 Å². The molecule has 1 rings (SSSR count). The van der Waals surface area contributed by atoms with Crippen molar-refractivity contribution >= 4 is 18.2 Å². The highest BCUT2D eigenvalue weighted by Crippen LogP contribution is 2.05. The number of rotatable bonds is 3. The number of nitrogens with one attached hydrogen (secondary N) is 2. The zero-order chi connectivity index (χ0) is 9.14. The van der Waals surface area contributed by atoms with E-state index in [1.54, 1.807) is 0 Å². The van der Waals surface area contributed by atoms with Crippen molar-refractivity contribution in [1.29, 1.82) is 0 Å². The van der Waals surface area contributed by atoms with Gasteiger partial charge in [-0.05, 0) is 18.1 Å². The number of nitrogens with zero attached hydrogens (tertiary/aromatic N) is 2. The first kappa shape index (κ1) is 9.25. The summed E-state index contributed by atoms with van der Waals surface area (Å²) in [5.41, 5.74) is 0. The normalized spacial score (nSPS) is 10.7. The molecule has 1 aromatic heterocycles. The lowest BCUT2D eigenvalue weighted by Gasteiger charge is -2.17. The molecule has 0 aliphatic heterocycles. The van der Waals surface area contributed by atoms with E-state index in [0.717, 1.165) is 12.5 Å². The van der Waals surface area contributed by atoms with Crippen molar-refractivity contribution in [3.63, 3.8) is 0 Å². The minimum absolute atomic E-state index is 0.501. The van der Waals surface area contributed by atoms with Gasteiger partial charge < -0.3 is 4.90 Å². The summed E-state index contributed by atoms with van der Waals surface area (Å²) in [6.07, 6.45) is 0. The fourth-order valence-corrected chi connectivity index (χ4v) is 1.21. The number of hydrogen-bond donors (Lipinski definition) is 2. The summed E-state index contributed by atoms with van der Waals surface area (Å²) >= 11 is 4.84. The van der Waals surface area contributed by atoms with Crippen LogP contribution in [0.2, 0.25) is 0 Å². The molecule has 0 spiro atoms. The Bertz CT molecular complexity index is 288. The van der Waals surface area contributed by atoms with Crippen LogP contribution in [0.15, 0.2) is 0 Å². The van der Waals surface area contributed by atoms with Gasteiger partial charge in [0.15, 0.2) is 0 Å². The van der Waals surface area contributed by atoms with E-state index in [4.69, 9.17) is 12.2 Å². The largest absolute Gasteiger partial charge is 0.344 e. The third-order valence-corrected chi connectivity index (χ3v) is 1.68. The maximum atomic E-state index is 4.84. The van der Waals surface area contributed by atoms with Crippen molar-refractivity contribution < 1.29 is 0 Å². The summed E-state index contributed by atoms with van der Waals surface area (Å²) in [5, 5.41) is 5.66. The fraction of sp³-hybridized carbons (Fsp3) is 0.714. The number of H-pyrrole nitrogens is 2. The smallest absolute Gasteiger partial charge is 0.220 e. The molecule has 0 amide bonds. The molecule has 0 aliphatic rings. The highest BCUT2D eigenvalue weighted by Gasteiger charge is 2.04. The Labute approximate surface area is 77.0 Å². The van der Waals surface area contributed by atoms with Crippen LogP contribution >= 0.6 is 12.2 Å². The molecule has 0 atom stereocenters. The van der Waals surface area contributed by atoms with Crippen molar-refractivity contribution in [2.45, 2.75) is 13.8 Å². The van der Waals surface area contributed by atoms with Gasteiger partial charge >= 0.3 is 0 Å². The molecule has 0 saturated heterocycles. The maximum Gasteiger partial charge on any atom is 0.220 e. The summed E-state index contributed by atoms with van der Waals surface area (Å²) in [7, 11) is 1.99. The molecule has 5 heteroatoms. The Kier molecular flexibility index (Phi) is 2.86. The van der Waals surface area contributed by atoms with Crippen molar-refractivity contribution in [3.8, 4) is 0 Å². The average molecular weight is 186 g/mol. The van der Waals surface area contributed by atoms with Gasteiger partial charge in [-0.2, -0.15) is 4.98 Å². The maximum absolute atomic E-state index is 4.84. The molecule has 1 aromatic rings. The molecule has 2 N–H and O–H groups in total. The minimum atomic E-state index is 0.501. The Hall–Kier alpha value is -0.840. The van der Waals surface area contributed by atoms with Gasteiger partial charge in [0.1, 0.15) is 0 Å². The van der Waals surface area contributed by atoms with E-state index in [9.17, 15) is 0 Å². The lowest BCUT2D eigenvalue weighted by molar-refractivity contribution is 0.630. The highest BCUT2D eigenvalue weighted by molar-refractivity contribution is 7.71. The van der Waals surface area contributed by atoms with E-state index < -0.39 is 0 Å². The number of hydrogen-bond acceptors (Lipinski definition) is 3. The van der Waals surface area contributed by atoms with Crippen LogP contribution in [-0.2, 0) is 0 Å². The fourth-order valence-electron chi connectivity index (χ4n) is 1.08. The van der Waals surface area contributed by atoms with Crippen LogP contribution in [0.3, 0.4) is 0 Å². The Morgan fingerprint density at radius 2 is 2.17 bits per heavy atom. The molecule has 4 nitrogen and oxygen atoms in total. The molecule has 0 aliphatic carbocycles. The van der Waals surface area contributed by atoms with Gasteiger partial charge in [-0.25, -0.2) is 0 Å². The second-order valence-corrected chi connectivity index (χ2v) is 3.65. The van der Waals surface area contributed by atoms with E-state index in [1.807, 2.05) is 11.9 Å². The molecule has 0 aromatic carbocycles. The van der Waals surface area contributed by atoms with Gasteiger partial charge in [0, 0.05) is 13.6 Å². The van der Waals surface area contributed by atoms with Crippen LogP contribution in [0.1, 0.15) is 13.8 Å². The van der Waals surface area contributed by atoms with E-state index in [0.29, 0.717) is 10.7 Å². The van der Waals surface area contributed by atoms with Crippen molar-refractivity contribution in [3.05, 3.63) is 4.77 Å². The summed E-state index contributed by atoms with van der Waals surface area (Å²) < 4.78 is 0.501. The van der Waals surface area contributed by atoms with Crippen LogP contribution in [0.25, 0.3) is 0 Å². The van der Waals surface area contributed by atoms with Crippen molar-refractivity contribution in [2.24, 2.45) is 5.92 Å². The first-order valence-corrected chi connectivity index (χ1v) is 4.36.